The molecule has 0 unspecified atom stereocenters. The molecular weight excluding hydrogens is 314 g/mol. The highest BCUT2D eigenvalue weighted by atomic mass is 16.5. The number of carboxylic acid groups (broad SMARTS) is 1. The first-order valence-corrected chi connectivity index (χ1v) is 7.82. The summed E-state index contributed by atoms with van der Waals surface area (Å²) in [7, 11) is 4.71. The zero-order chi connectivity index (χ0) is 17.7. The zero-order valence-electron chi connectivity index (χ0n) is 14.3. The van der Waals surface area contributed by atoms with Crippen LogP contribution in [0.5, 0.6) is 17.2 Å². The quantitative estimate of drug-likeness (QED) is 0.847. The van der Waals surface area contributed by atoms with Gasteiger partial charge in [-0.3, -0.25) is 9.59 Å². The number of nitrogens with zero attached hydrogens (tertiary/aromatic N) is 1. The molecule has 7 nitrogen and oxygen atoms in total. The molecule has 1 aromatic rings. The van der Waals surface area contributed by atoms with Gasteiger partial charge >= 0.3 is 5.97 Å². The second-order valence-corrected chi connectivity index (χ2v) is 5.56. The predicted molar refractivity (Wildman–Crippen MR) is 87.0 cm³/mol. The van der Waals surface area contributed by atoms with Crippen LogP contribution in [0.15, 0.2) is 6.07 Å². The van der Waals surface area contributed by atoms with E-state index in [2.05, 4.69) is 0 Å². The van der Waals surface area contributed by atoms with Crippen LogP contribution in [0.25, 0.3) is 0 Å². The maximum Gasteiger partial charge on any atom is 0.303 e. The van der Waals surface area contributed by atoms with E-state index in [-0.39, 0.29) is 18.7 Å². The van der Waals surface area contributed by atoms with Gasteiger partial charge in [0.2, 0.25) is 11.7 Å². The summed E-state index contributed by atoms with van der Waals surface area (Å²) in [5.74, 6) is 0.676. The highest BCUT2D eigenvalue weighted by Crippen LogP contribution is 2.43. The smallest absolute Gasteiger partial charge is 0.303 e. The first kappa shape index (κ1) is 17.9. The molecule has 1 amide bonds. The molecule has 0 fully saturated rings. The third-order valence-corrected chi connectivity index (χ3v) is 4.21. The molecule has 0 spiro atoms. The molecule has 1 aromatic carbocycles. The van der Waals surface area contributed by atoms with E-state index in [9.17, 15) is 9.59 Å². The van der Waals surface area contributed by atoms with Crippen LogP contribution in [-0.2, 0) is 22.4 Å². The Labute approximate surface area is 141 Å². The van der Waals surface area contributed by atoms with E-state index in [1.165, 1.54) is 0 Å². The number of benzene rings is 1. The fraction of sp³-hybridized carbons (Fsp3) is 0.529. The van der Waals surface area contributed by atoms with E-state index in [4.69, 9.17) is 19.3 Å². The van der Waals surface area contributed by atoms with Gasteiger partial charge in [-0.05, 0) is 24.5 Å². The minimum Gasteiger partial charge on any atom is -0.493 e. The zero-order valence-corrected chi connectivity index (χ0v) is 14.3. The monoisotopic (exact) mass is 337 g/mol. The summed E-state index contributed by atoms with van der Waals surface area (Å²) in [5.41, 5.74) is 2.06. The molecule has 0 radical (unpaired) electrons. The maximum atomic E-state index is 12.2. The fourth-order valence-corrected chi connectivity index (χ4v) is 3.00. The summed E-state index contributed by atoms with van der Waals surface area (Å²) in [5, 5.41) is 8.73. The summed E-state index contributed by atoms with van der Waals surface area (Å²) in [6.45, 7) is 1.07. The Bertz CT molecular complexity index is 628. The summed E-state index contributed by atoms with van der Waals surface area (Å²) in [4.78, 5) is 24.5. The third-order valence-electron chi connectivity index (χ3n) is 4.21. The summed E-state index contributed by atoms with van der Waals surface area (Å²) >= 11 is 0. The summed E-state index contributed by atoms with van der Waals surface area (Å²) in [6.07, 6.45) is 1.16. The molecule has 0 aromatic heterocycles. The predicted octanol–water partition coefficient (Wildman–Crippen LogP) is 1.50. The van der Waals surface area contributed by atoms with Gasteiger partial charge in [-0.15, -0.1) is 0 Å². The number of methoxy groups -OCH3 is 3. The Morgan fingerprint density at radius 3 is 2.29 bits per heavy atom. The number of ether oxygens (including phenoxy) is 3. The second-order valence-electron chi connectivity index (χ2n) is 5.56. The first-order valence-electron chi connectivity index (χ1n) is 7.82. The Morgan fingerprint density at radius 2 is 1.71 bits per heavy atom. The van der Waals surface area contributed by atoms with Gasteiger partial charge in [0.25, 0.3) is 0 Å². The summed E-state index contributed by atoms with van der Waals surface area (Å²) in [6, 6.07) is 1.92. The summed E-state index contributed by atoms with van der Waals surface area (Å²) < 4.78 is 16.3. The Kier molecular flexibility index (Phi) is 5.89. The van der Waals surface area contributed by atoms with Crippen LogP contribution in [0.3, 0.4) is 0 Å². The molecule has 132 valence electrons. The molecular formula is C17H23NO6. The van der Waals surface area contributed by atoms with E-state index in [0.29, 0.717) is 43.2 Å². The van der Waals surface area contributed by atoms with E-state index >= 15 is 0 Å². The average Bonchev–Trinajstić information content (AvgIpc) is 2.80. The Morgan fingerprint density at radius 1 is 1.04 bits per heavy atom. The third kappa shape index (κ3) is 3.72. The lowest BCUT2D eigenvalue weighted by molar-refractivity contribution is -0.140. The van der Waals surface area contributed by atoms with E-state index < -0.39 is 5.97 Å². The van der Waals surface area contributed by atoms with Crippen molar-refractivity contribution < 1.29 is 28.9 Å². The van der Waals surface area contributed by atoms with Gasteiger partial charge in [0.15, 0.2) is 11.5 Å². The fourth-order valence-electron chi connectivity index (χ4n) is 3.00. The highest BCUT2D eigenvalue weighted by molar-refractivity contribution is 5.80. The van der Waals surface area contributed by atoms with Crippen LogP contribution in [0.4, 0.5) is 0 Å². The second kappa shape index (κ2) is 7.90. The van der Waals surface area contributed by atoms with E-state index in [1.807, 2.05) is 6.07 Å². The molecule has 1 aliphatic heterocycles. The van der Waals surface area contributed by atoms with Crippen molar-refractivity contribution in [2.45, 2.75) is 25.7 Å². The van der Waals surface area contributed by atoms with E-state index in [0.717, 1.165) is 11.1 Å². The van der Waals surface area contributed by atoms with Crippen molar-refractivity contribution in [3.05, 3.63) is 17.2 Å². The van der Waals surface area contributed by atoms with Crippen LogP contribution in [0.1, 0.15) is 24.0 Å². The standard InChI is InChI=1S/C17H23NO6/c1-22-13-10-11-6-8-18(14(19)4-5-15(20)21)9-7-12(11)16(23-2)17(13)24-3/h10H,4-9H2,1-3H3,(H,20,21). The Balaban J connectivity index is 2.24. The van der Waals surface area contributed by atoms with Crippen molar-refractivity contribution in [3.63, 3.8) is 0 Å². The first-order chi connectivity index (χ1) is 11.5. The normalized spacial score (nSPS) is 13.7. The van der Waals surface area contributed by atoms with Crippen molar-refractivity contribution in [2.24, 2.45) is 0 Å². The lowest BCUT2D eigenvalue weighted by atomic mass is 10.0. The number of rotatable bonds is 6. The molecule has 0 atom stereocenters. The van der Waals surface area contributed by atoms with Gasteiger partial charge in [0.05, 0.1) is 27.8 Å². The molecule has 0 aliphatic carbocycles. The van der Waals surface area contributed by atoms with Crippen LogP contribution < -0.4 is 14.2 Å². The van der Waals surface area contributed by atoms with Crippen LogP contribution in [0, 0.1) is 0 Å². The highest BCUT2D eigenvalue weighted by Gasteiger charge is 2.25. The molecule has 0 saturated heterocycles. The molecule has 2 rings (SSSR count). The van der Waals surface area contributed by atoms with Gasteiger partial charge in [-0.1, -0.05) is 0 Å². The van der Waals surface area contributed by atoms with Gasteiger partial charge in [0, 0.05) is 25.1 Å². The minimum atomic E-state index is -0.961. The molecule has 1 aliphatic rings. The number of carbonyl (C=O) groups is 2. The van der Waals surface area contributed by atoms with Crippen LogP contribution in [0.2, 0.25) is 0 Å². The van der Waals surface area contributed by atoms with Crippen molar-refractivity contribution in [1.82, 2.24) is 4.90 Å². The average molecular weight is 337 g/mol. The molecule has 1 N–H and O–H groups in total. The number of hydrogen-bond acceptors (Lipinski definition) is 5. The van der Waals surface area contributed by atoms with Crippen molar-refractivity contribution >= 4 is 11.9 Å². The number of aliphatic carboxylic acids is 1. The van der Waals surface area contributed by atoms with Gasteiger partial charge in [-0.2, -0.15) is 0 Å². The SMILES string of the molecule is COc1cc2c(c(OC)c1OC)CCN(C(=O)CCC(=O)O)CC2. The topological polar surface area (TPSA) is 85.3 Å². The van der Waals surface area contributed by atoms with Gasteiger partial charge < -0.3 is 24.2 Å². The molecule has 24 heavy (non-hydrogen) atoms. The Hall–Kier alpha value is -2.44. The van der Waals surface area contributed by atoms with Gasteiger partial charge in [0.1, 0.15) is 0 Å². The van der Waals surface area contributed by atoms with Crippen LogP contribution in [-0.4, -0.2) is 56.3 Å². The van der Waals surface area contributed by atoms with Crippen LogP contribution >= 0.6 is 0 Å². The largest absolute Gasteiger partial charge is 0.493 e. The number of carboxylic acids is 1. The van der Waals surface area contributed by atoms with Gasteiger partial charge in [-0.25, -0.2) is 0 Å². The number of fused-ring (bicyclic) bond motifs is 1. The number of hydrogen-bond donors (Lipinski definition) is 1. The van der Waals surface area contributed by atoms with Crippen molar-refractivity contribution in [2.75, 3.05) is 34.4 Å². The number of carbonyl (C=O) groups excluding carboxylic acids is 1. The van der Waals surface area contributed by atoms with E-state index in [1.54, 1.807) is 26.2 Å². The molecule has 0 saturated carbocycles. The molecule has 0 bridgehead atoms. The molecule has 1 heterocycles. The molecule has 7 heteroatoms. The maximum absolute atomic E-state index is 12.2. The lowest BCUT2D eigenvalue weighted by Crippen LogP contribution is -2.33. The lowest BCUT2D eigenvalue weighted by Gasteiger charge is -2.19. The van der Waals surface area contributed by atoms with Crippen molar-refractivity contribution in [3.8, 4) is 17.2 Å². The number of amides is 1. The minimum absolute atomic E-state index is 0.0233. The van der Waals surface area contributed by atoms with Crippen molar-refractivity contribution in [1.29, 1.82) is 0 Å².